The van der Waals surface area contributed by atoms with Crippen LogP contribution in [0.2, 0.25) is 0 Å². The predicted octanol–water partition coefficient (Wildman–Crippen LogP) is 10.7. The van der Waals surface area contributed by atoms with Gasteiger partial charge in [-0.15, -0.1) is 0 Å². The molecule has 5 fully saturated rings. The first kappa shape index (κ1) is 27.7. The summed E-state index contributed by atoms with van der Waals surface area (Å²) in [4.78, 5) is 0. The number of rotatable bonds is 1. The monoisotopic (exact) mass is 534 g/mol. The summed E-state index contributed by atoms with van der Waals surface area (Å²) >= 11 is 5.35. The zero-order valence-corrected chi connectivity index (χ0v) is 27.1. The lowest BCUT2D eigenvalue weighted by Gasteiger charge is -2.76. The highest BCUT2D eigenvalue weighted by Gasteiger charge is 2.72. The minimum Gasteiger partial charge on any atom is -0.175 e. The lowest BCUT2D eigenvalue weighted by Crippen LogP contribution is -2.69. The van der Waals surface area contributed by atoms with Gasteiger partial charge in [-0.05, 0) is 131 Å². The zero-order chi connectivity index (χ0) is 27.5. The molecule has 3 unspecified atom stereocenters. The van der Waals surface area contributed by atoms with Gasteiger partial charge in [0.1, 0.15) is 0 Å². The van der Waals surface area contributed by atoms with Crippen molar-refractivity contribution in [3.63, 3.8) is 0 Å². The van der Waals surface area contributed by atoms with E-state index in [0.29, 0.717) is 32.8 Å². The van der Waals surface area contributed by atoms with Crippen LogP contribution in [-0.2, 0) is 0 Å². The number of thiol groups is 1. The number of fused-ring (bicyclic) bond motifs is 7. The van der Waals surface area contributed by atoms with Gasteiger partial charge in [0.15, 0.2) is 0 Å². The van der Waals surface area contributed by atoms with Crippen molar-refractivity contribution in [3.05, 3.63) is 35.9 Å². The summed E-state index contributed by atoms with van der Waals surface area (Å²) in [6.07, 6.45) is 11.4. The smallest absolute Gasteiger partial charge is 0.00769 e. The molecule has 0 bridgehead atoms. The number of hydrogen-bond donors (Lipinski definition) is 1. The Kier molecular flexibility index (Phi) is 6.41. The summed E-state index contributed by atoms with van der Waals surface area (Å²) in [5.74, 6) is 6.44. The van der Waals surface area contributed by atoms with Crippen molar-refractivity contribution in [3.8, 4) is 0 Å². The third kappa shape index (κ3) is 3.41. The molecule has 5 saturated carbocycles. The molecule has 38 heavy (non-hydrogen) atoms. The largest absolute Gasteiger partial charge is 0.175 e. The molecule has 5 aliphatic rings. The summed E-state index contributed by atoms with van der Waals surface area (Å²) in [6, 6.07) is 11.7. The Morgan fingerprint density at radius 3 is 2.13 bits per heavy atom. The van der Waals surface area contributed by atoms with E-state index in [-0.39, 0.29) is 5.41 Å². The second-order valence-corrected chi connectivity index (χ2v) is 17.8. The van der Waals surface area contributed by atoms with E-state index in [1.54, 1.807) is 5.56 Å². The van der Waals surface area contributed by atoms with Crippen molar-refractivity contribution in [1.82, 2.24) is 0 Å². The summed E-state index contributed by atoms with van der Waals surface area (Å²) in [6.45, 7) is 24.2. The van der Waals surface area contributed by atoms with Gasteiger partial charge in [-0.2, -0.15) is 12.6 Å². The molecule has 0 heterocycles. The van der Waals surface area contributed by atoms with Crippen LogP contribution in [0.3, 0.4) is 0 Å². The van der Waals surface area contributed by atoms with Gasteiger partial charge in [0, 0.05) is 5.25 Å². The van der Waals surface area contributed by atoms with Crippen molar-refractivity contribution < 1.29 is 0 Å². The molecule has 0 aliphatic heterocycles. The molecule has 1 aromatic carbocycles. The van der Waals surface area contributed by atoms with Crippen LogP contribution in [0.4, 0.5) is 0 Å². The van der Waals surface area contributed by atoms with Crippen molar-refractivity contribution in [2.75, 3.05) is 0 Å². The fourth-order valence-electron chi connectivity index (χ4n) is 13.7. The second kappa shape index (κ2) is 8.79. The van der Waals surface area contributed by atoms with Gasteiger partial charge in [-0.25, -0.2) is 0 Å². The Morgan fingerprint density at radius 2 is 1.45 bits per heavy atom. The Morgan fingerprint density at radius 1 is 0.763 bits per heavy atom. The fraction of sp³-hybridized carbons (Fsp3) is 0.838. The van der Waals surface area contributed by atoms with Crippen molar-refractivity contribution in [2.24, 2.45) is 68.5 Å². The minimum absolute atomic E-state index is 0.264. The van der Waals surface area contributed by atoms with Gasteiger partial charge in [0.2, 0.25) is 0 Å². The molecule has 6 rings (SSSR count). The highest BCUT2D eigenvalue weighted by molar-refractivity contribution is 7.81. The third-order valence-electron chi connectivity index (χ3n) is 15.6. The molecule has 0 spiro atoms. The van der Waals surface area contributed by atoms with Gasteiger partial charge >= 0.3 is 0 Å². The van der Waals surface area contributed by atoms with Gasteiger partial charge in [0.25, 0.3) is 0 Å². The lowest BCUT2D eigenvalue weighted by atomic mass is 9.29. The van der Waals surface area contributed by atoms with E-state index in [1.165, 1.54) is 51.4 Å². The summed E-state index contributed by atoms with van der Waals surface area (Å²) in [5, 5.41) is 0.462. The van der Waals surface area contributed by atoms with Crippen LogP contribution in [-0.4, -0.2) is 5.25 Å². The lowest BCUT2D eigenvalue weighted by molar-refractivity contribution is -0.263. The molecule has 0 N–H and O–H groups in total. The van der Waals surface area contributed by atoms with E-state index >= 15 is 0 Å². The standard InChI is InChI=1S/C37H58S/c1-23-17-18-34(6)19-20-35(7)27(31(34)25(23)3)15-16-29-36(35,8)22-24(2)32-33(4,5)30(38)21-28(37(29,32)9)26-13-11-10-12-14-26/h10-14,23-25,27-32,38H,15-22H2,1-9H3/t23-,24?,25+,27-,28?,29+,30?,31+,32+,34-,35-,36-,37-/m1/s1. The molecule has 13 atom stereocenters. The van der Waals surface area contributed by atoms with E-state index in [9.17, 15) is 0 Å². The average Bonchev–Trinajstić information content (AvgIpc) is 2.85. The first-order chi connectivity index (χ1) is 17.7. The fourth-order valence-corrected chi connectivity index (χ4v) is 14.0. The average molecular weight is 535 g/mol. The Bertz CT molecular complexity index is 1040. The van der Waals surface area contributed by atoms with Gasteiger partial charge in [0.05, 0.1) is 0 Å². The van der Waals surface area contributed by atoms with Gasteiger partial charge in [-0.1, -0.05) is 92.6 Å². The molecule has 0 aromatic heterocycles. The van der Waals surface area contributed by atoms with Crippen molar-refractivity contribution >= 4 is 12.6 Å². The SMILES string of the molecule is CC1C[C@]2(C)[C@H](CC[C@@H]3[C@@H]4[C@@H](C)[C@H](C)CC[C@]4(C)CC[C@]32C)[C@@]2(C)C(c3ccccc3)CC(S)C(C)(C)[C@H]12. The van der Waals surface area contributed by atoms with E-state index in [4.69, 9.17) is 12.6 Å². The first-order valence-corrected chi connectivity index (χ1v) is 17.0. The maximum atomic E-state index is 5.35. The molecule has 1 heteroatoms. The van der Waals surface area contributed by atoms with Crippen LogP contribution < -0.4 is 0 Å². The van der Waals surface area contributed by atoms with Crippen LogP contribution in [0.5, 0.6) is 0 Å². The maximum absolute atomic E-state index is 5.35. The summed E-state index contributed by atoms with van der Waals surface area (Å²) in [7, 11) is 0. The second-order valence-electron chi connectivity index (χ2n) is 17.2. The molecule has 0 radical (unpaired) electrons. The number of hydrogen-bond acceptors (Lipinski definition) is 1. The Hall–Kier alpha value is -0.430. The Labute approximate surface area is 241 Å². The summed E-state index contributed by atoms with van der Waals surface area (Å²) in [5.41, 5.74) is 3.61. The minimum atomic E-state index is 0.264. The topological polar surface area (TPSA) is 0 Å². The number of benzene rings is 1. The zero-order valence-electron chi connectivity index (χ0n) is 26.2. The quantitative estimate of drug-likeness (QED) is 0.340. The highest BCUT2D eigenvalue weighted by Crippen LogP contribution is 2.79. The van der Waals surface area contributed by atoms with Crippen LogP contribution in [0.15, 0.2) is 30.3 Å². The van der Waals surface area contributed by atoms with Crippen molar-refractivity contribution in [1.29, 1.82) is 0 Å². The van der Waals surface area contributed by atoms with Crippen molar-refractivity contribution in [2.45, 2.75) is 125 Å². The van der Waals surface area contributed by atoms with E-state index in [2.05, 4.69) is 92.6 Å². The normalized spacial score (nSPS) is 55.7. The Balaban J connectivity index is 1.48. The predicted molar refractivity (Wildman–Crippen MR) is 167 cm³/mol. The van der Waals surface area contributed by atoms with Crippen LogP contribution in [0.25, 0.3) is 0 Å². The van der Waals surface area contributed by atoms with Gasteiger partial charge in [-0.3, -0.25) is 0 Å². The molecule has 0 nitrogen and oxygen atoms in total. The van der Waals surface area contributed by atoms with E-state index < -0.39 is 0 Å². The molecule has 5 aliphatic carbocycles. The molecule has 0 amide bonds. The first-order valence-electron chi connectivity index (χ1n) is 16.4. The molecule has 212 valence electrons. The van der Waals surface area contributed by atoms with Gasteiger partial charge < -0.3 is 0 Å². The van der Waals surface area contributed by atoms with Crippen LogP contribution in [0, 0.1) is 68.5 Å². The van der Waals surface area contributed by atoms with E-state index in [0.717, 1.165) is 41.4 Å². The van der Waals surface area contributed by atoms with Crippen LogP contribution in [0.1, 0.15) is 125 Å². The molecular formula is C37H58S. The maximum Gasteiger partial charge on any atom is 0.00769 e. The van der Waals surface area contributed by atoms with E-state index in [1.807, 2.05) is 0 Å². The third-order valence-corrected chi connectivity index (χ3v) is 16.4. The molecular weight excluding hydrogens is 476 g/mol. The molecule has 0 saturated heterocycles. The molecule has 1 aromatic rings. The summed E-state index contributed by atoms with van der Waals surface area (Å²) < 4.78 is 0. The highest BCUT2D eigenvalue weighted by atomic mass is 32.1. The van der Waals surface area contributed by atoms with Crippen LogP contribution >= 0.6 is 12.6 Å².